The zero-order chi connectivity index (χ0) is 15.1. The van der Waals surface area contributed by atoms with Gasteiger partial charge in [0, 0.05) is 31.4 Å². The molecule has 0 atom stereocenters. The van der Waals surface area contributed by atoms with E-state index in [1.54, 1.807) is 0 Å². The molecule has 0 amide bonds. The molecule has 0 aromatic carbocycles. The molecule has 112 valence electrons. The van der Waals surface area contributed by atoms with E-state index in [9.17, 15) is 4.79 Å². The molecule has 21 heavy (non-hydrogen) atoms. The molecule has 0 radical (unpaired) electrons. The summed E-state index contributed by atoms with van der Waals surface area (Å²) in [6, 6.07) is 4.17. The number of allylic oxidation sites excluding steroid dienone is 1. The molecule has 0 fully saturated rings. The normalized spacial score (nSPS) is 14.6. The van der Waals surface area contributed by atoms with Crippen molar-refractivity contribution >= 4 is 18.0 Å². The van der Waals surface area contributed by atoms with Crippen molar-refractivity contribution in [3.63, 3.8) is 0 Å². The lowest BCUT2D eigenvalue weighted by atomic mass is 10.1. The molecule has 0 unspecified atom stereocenters. The number of carbonyl (C=O) groups excluding carboxylic acids is 1. The molecular formula is C15H20N4O2. The molecule has 0 saturated carbocycles. The van der Waals surface area contributed by atoms with Gasteiger partial charge in [-0.2, -0.15) is 0 Å². The number of nitrogens with zero attached hydrogens (tertiary/aromatic N) is 2. The summed E-state index contributed by atoms with van der Waals surface area (Å²) < 4.78 is 4.48. The van der Waals surface area contributed by atoms with Crippen molar-refractivity contribution in [2.75, 3.05) is 25.5 Å². The van der Waals surface area contributed by atoms with Crippen LogP contribution in [0.15, 0.2) is 28.9 Å². The first-order valence-electron chi connectivity index (χ1n) is 6.97. The second kappa shape index (κ2) is 7.42. The zero-order valence-corrected chi connectivity index (χ0v) is 12.1. The highest BCUT2D eigenvalue weighted by atomic mass is 16.5. The summed E-state index contributed by atoms with van der Waals surface area (Å²) in [5.41, 5.74) is 7.80. The molecule has 1 aliphatic heterocycles. The van der Waals surface area contributed by atoms with Gasteiger partial charge < -0.3 is 15.8 Å². The first-order valence-corrected chi connectivity index (χ1v) is 6.97. The van der Waals surface area contributed by atoms with Crippen LogP contribution in [0.5, 0.6) is 0 Å². The largest absolute Gasteiger partial charge is 0.464 e. The van der Waals surface area contributed by atoms with Gasteiger partial charge >= 0.3 is 5.97 Å². The first kappa shape index (κ1) is 15.0. The quantitative estimate of drug-likeness (QED) is 0.480. The monoisotopic (exact) mass is 288 g/mol. The number of pyridine rings is 1. The van der Waals surface area contributed by atoms with E-state index < -0.39 is 5.97 Å². The van der Waals surface area contributed by atoms with Gasteiger partial charge in [-0.15, -0.1) is 0 Å². The average molecular weight is 288 g/mol. The number of hydrogen-bond donors (Lipinski definition) is 2. The number of aryl methyl sites for hydroxylation is 1. The van der Waals surface area contributed by atoms with Gasteiger partial charge in [-0.1, -0.05) is 6.07 Å². The van der Waals surface area contributed by atoms with E-state index in [0.717, 1.165) is 37.3 Å². The molecule has 0 aliphatic carbocycles. The van der Waals surface area contributed by atoms with Crippen molar-refractivity contribution in [2.45, 2.75) is 19.3 Å². The second-order valence-corrected chi connectivity index (χ2v) is 4.76. The van der Waals surface area contributed by atoms with Gasteiger partial charge in [-0.25, -0.2) is 9.78 Å². The molecule has 1 aliphatic rings. The number of aliphatic imine (C=N–C) groups is 1. The Morgan fingerprint density at radius 2 is 2.43 bits per heavy atom. The van der Waals surface area contributed by atoms with Gasteiger partial charge in [0.25, 0.3) is 0 Å². The van der Waals surface area contributed by atoms with E-state index in [-0.39, 0.29) is 5.70 Å². The molecule has 1 aromatic rings. The predicted molar refractivity (Wildman–Crippen MR) is 82.4 cm³/mol. The number of aromatic nitrogens is 1. The van der Waals surface area contributed by atoms with E-state index in [2.05, 4.69) is 26.1 Å². The summed E-state index contributed by atoms with van der Waals surface area (Å²) in [4.78, 5) is 19.8. The van der Waals surface area contributed by atoms with E-state index in [4.69, 9.17) is 5.73 Å². The van der Waals surface area contributed by atoms with E-state index >= 15 is 0 Å². The number of nitrogens with two attached hydrogens (primary N) is 1. The minimum Gasteiger partial charge on any atom is -0.464 e. The predicted octanol–water partition coefficient (Wildman–Crippen LogP) is 1.07. The molecule has 6 nitrogen and oxygen atoms in total. The van der Waals surface area contributed by atoms with E-state index in [0.29, 0.717) is 6.54 Å². The van der Waals surface area contributed by atoms with Crippen LogP contribution in [0.4, 0.5) is 5.82 Å². The third-order valence-electron chi connectivity index (χ3n) is 3.23. The zero-order valence-electron chi connectivity index (χ0n) is 12.1. The SMILES string of the molecule is COC(=O)C(N)=CC=NCCc1ccc2c(n1)NCCC2. The topological polar surface area (TPSA) is 89.6 Å². The Bertz CT molecular complexity index is 567. The Kier molecular flexibility index (Phi) is 5.31. The standard InChI is InChI=1S/C15H20N4O2/c1-21-15(20)13(16)7-10-17-9-6-12-5-4-11-3-2-8-18-14(11)19-12/h4-5,7,10H,2-3,6,8-9,16H2,1H3,(H,18,19). The summed E-state index contributed by atoms with van der Waals surface area (Å²) in [6.45, 7) is 1.58. The van der Waals surface area contributed by atoms with Crippen LogP contribution < -0.4 is 11.1 Å². The number of anilines is 1. The van der Waals surface area contributed by atoms with Crippen LogP contribution in [0.3, 0.4) is 0 Å². The number of nitrogens with one attached hydrogen (secondary N) is 1. The number of ether oxygens (including phenoxy) is 1. The highest BCUT2D eigenvalue weighted by molar-refractivity contribution is 5.92. The molecule has 6 heteroatoms. The molecule has 0 spiro atoms. The lowest BCUT2D eigenvalue weighted by molar-refractivity contribution is -0.136. The second-order valence-electron chi connectivity index (χ2n) is 4.76. The van der Waals surface area contributed by atoms with Crippen molar-refractivity contribution in [1.82, 2.24) is 4.98 Å². The third kappa shape index (κ3) is 4.30. The Hall–Kier alpha value is -2.37. The molecule has 0 bridgehead atoms. The van der Waals surface area contributed by atoms with Gasteiger partial charge in [0.15, 0.2) is 0 Å². The first-order chi connectivity index (χ1) is 10.2. The molecule has 3 N–H and O–H groups in total. The van der Waals surface area contributed by atoms with Gasteiger partial charge in [0.2, 0.25) is 0 Å². The van der Waals surface area contributed by atoms with Crippen molar-refractivity contribution in [3.05, 3.63) is 35.2 Å². The summed E-state index contributed by atoms with van der Waals surface area (Å²) >= 11 is 0. The van der Waals surface area contributed by atoms with Gasteiger partial charge in [0.05, 0.1) is 7.11 Å². The van der Waals surface area contributed by atoms with Gasteiger partial charge in [-0.3, -0.25) is 4.99 Å². The number of methoxy groups -OCH3 is 1. The number of carbonyl (C=O) groups is 1. The molecule has 2 heterocycles. The van der Waals surface area contributed by atoms with Gasteiger partial charge in [0.1, 0.15) is 11.5 Å². The van der Waals surface area contributed by atoms with Crippen LogP contribution in [0.25, 0.3) is 0 Å². The fourth-order valence-electron chi connectivity index (χ4n) is 2.08. The van der Waals surface area contributed by atoms with Crippen molar-refractivity contribution < 1.29 is 9.53 Å². The fourth-order valence-corrected chi connectivity index (χ4v) is 2.08. The highest BCUT2D eigenvalue weighted by Crippen LogP contribution is 2.19. The Morgan fingerprint density at radius 1 is 1.57 bits per heavy atom. The van der Waals surface area contributed by atoms with Crippen molar-refractivity contribution in [1.29, 1.82) is 0 Å². The number of hydrogen-bond acceptors (Lipinski definition) is 6. The Balaban J connectivity index is 1.85. The third-order valence-corrected chi connectivity index (χ3v) is 3.23. The van der Waals surface area contributed by atoms with Crippen molar-refractivity contribution in [3.8, 4) is 0 Å². The number of esters is 1. The minimum absolute atomic E-state index is 0.0392. The average Bonchev–Trinajstić information content (AvgIpc) is 2.53. The fraction of sp³-hybridized carbons (Fsp3) is 0.400. The van der Waals surface area contributed by atoms with Crippen molar-refractivity contribution in [2.24, 2.45) is 10.7 Å². The lowest BCUT2D eigenvalue weighted by Gasteiger charge is -2.17. The van der Waals surface area contributed by atoms with Gasteiger partial charge in [-0.05, 0) is 30.5 Å². The van der Waals surface area contributed by atoms with Crippen LogP contribution in [0.2, 0.25) is 0 Å². The van der Waals surface area contributed by atoms with Crippen LogP contribution in [-0.4, -0.2) is 37.4 Å². The summed E-state index contributed by atoms with van der Waals surface area (Å²) in [5.74, 6) is 0.446. The lowest BCUT2D eigenvalue weighted by Crippen LogP contribution is -2.14. The summed E-state index contributed by atoms with van der Waals surface area (Å²) in [7, 11) is 1.29. The van der Waals surface area contributed by atoms with Crippen LogP contribution in [0, 0.1) is 0 Å². The smallest absolute Gasteiger partial charge is 0.353 e. The molecule has 2 rings (SSSR count). The van der Waals surface area contributed by atoms with Crippen LogP contribution in [0.1, 0.15) is 17.7 Å². The van der Waals surface area contributed by atoms with Crippen LogP contribution in [-0.2, 0) is 22.4 Å². The minimum atomic E-state index is -0.552. The Morgan fingerprint density at radius 3 is 3.24 bits per heavy atom. The maximum absolute atomic E-state index is 11.0. The Labute approximate surface area is 124 Å². The molecular weight excluding hydrogens is 268 g/mol. The molecule has 1 aromatic heterocycles. The van der Waals surface area contributed by atoms with Crippen LogP contribution >= 0.6 is 0 Å². The number of rotatable bonds is 5. The summed E-state index contributed by atoms with van der Waals surface area (Å²) in [5, 5.41) is 3.31. The van der Waals surface area contributed by atoms with E-state index in [1.165, 1.54) is 25.0 Å². The highest BCUT2D eigenvalue weighted by Gasteiger charge is 2.09. The van der Waals surface area contributed by atoms with E-state index in [1.807, 2.05) is 6.07 Å². The maximum atomic E-state index is 11.0. The number of fused-ring (bicyclic) bond motifs is 1. The molecule has 0 saturated heterocycles. The maximum Gasteiger partial charge on any atom is 0.353 e. The summed E-state index contributed by atoms with van der Waals surface area (Å²) in [6.07, 6.45) is 5.95.